The van der Waals surface area contributed by atoms with Crippen molar-refractivity contribution in [2.75, 3.05) is 5.32 Å². The Morgan fingerprint density at radius 3 is 2.64 bits per heavy atom. The fourth-order valence-electron chi connectivity index (χ4n) is 3.62. The maximum atomic E-state index is 12.5. The van der Waals surface area contributed by atoms with E-state index in [2.05, 4.69) is 10.3 Å². The number of nitrogens with one attached hydrogen (secondary N) is 1. The molecule has 1 amide bonds. The molecule has 2 aromatic rings. The van der Waals surface area contributed by atoms with Crippen LogP contribution in [0.3, 0.4) is 0 Å². The maximum absolute atomic E-state index is 12.5. The standard InChI is InChI=1S/C16H14N2O3S/c19-14(12-8-5-6-9(7-8)13(12)15(20)21)18-16-17-10-3-1-2-4-11(10)22-16/h1-6,8-9,12-13H,7H2,(H,20,21)(H,17,18,19)/p-1/t8-,9+,12+,13-/m1/s1. The third-order valence-corrected chi connectivity index (χ3v) is 5.51. The van der Waals surface area contributed by atoms with Crippen LogP contribution in [0.1, 0.15) is 6.42 Å². The van der Waals surface area contributed by atoms with Gasteiger partial charge in [-0.05, 0) is 30.4 Å². The first-order valence-corrected chi connectivity index (χ1v) is 8.01. The highest BCUT2D eigenvalue weighted by Crippen LogP contribution is 2.48. The van der Waals surface area contributed by atoms with Crippen molar-refractivity contribution in [3.8, 4) is 0 Å². The number of carbonyl (C=O) groups excluding carboxylic acids is 2. The minimum atomic E-state index is -1.14. The third kappa shape index (κ3) is 2.02. The molecule has 112 valence electrons. The molecule has 0 unspecified atom stereocenters. The van der Waals surface area contributed by atoms with Crippen LogP contribution in [-0.2, 0) is 9.59 Å². The first-order chi connectivity index (χ1) is 10.6. The molecule has 1 aromatic carbocycles. The maximum Gasteiger partial charge on any atom is 0.230 e. The highest BCUT2D eigenvalue weighted by molar-refractivity contribution is 7.22. The Morgan fingerprint density at radius 2 is 1.91 bits per heavy atom. The Hall–Kier alpha value is -2.21. The summed E-state index contributed by atoms with van der Waals surface area (Å²) in [5.74, 6) is -2.80. The van der Waals surface area contributed by atoms with Crippen LogP contribution >= 0.6 is 11.3 Å². The van der Waals surface area contributed by atoms with E-state index in [-0.39, 0.29) is 17.7 Å². The summed E-state index contributed by atoms with van der Waals surface area (Å²) in [5.41, 5.74) is 0.826. The highest BCUT2D eigenvalue weighted by Gasteiger charge is 2.48. The second-order valence-electron chi connectivity index (χ2n) is 5.79. The first-order valence-electron chi connectivity index (χ1n) is 7.19. The minimum absolute atomic E-state index is 0.0118. The molecule has 0 saturated heterocycles. The number of allylic oxidation sites excluding steroid dienone is 2. The van der Waals surface area contributed by atoms with Crippen LogP contribution in [0.2, 0.25) is 0 Å². The van der Waals surface area contributed by atoms with Crippen LogP contribution in [0.4, 0.5) is 5.13 Å². The van der Waals surface area contributed by atoms with Crippen molar-refractivity contribution in [1.82, 2.24) is 4.98 Å². The number of aliphatic carboxylic acids is 1. The molecule has 4 atom stereocenters. The second kappa shape index (κ2) is 4.91. The molecule has 5 nitrogen and oxygen atoms in total. The Labute approximate surface area is 130 Å². The van der Waals surface area contributed by atoms with Crippen molar-refractivity contribution >= 4 is 38.6 Å². The number of fused-ring (bicyclic) bond motifs is 3. The molecule has 1 N–H and O–H groups in total. The lowest BCUT2D eigenvalue weighted by molar-refractivity contribution is -0.313. The average molecular weight is 313 g/mol. The van der Waals surface area contributed by atoms with Crippen molar-refractivity contribution in [3.05, 3.63) is 36.4 Å². The SMILES string of the molecule is O=C(Nc1nc2ccccc2s1)[C@@H]1[C@H](C(=O)[O-])[C@H]2C=C[C@@H]1C2. The highest BCUT2D eigenvalue weighted by atomic mass is 32.1. The summed E-state index contributed by atoms with van der Waals surface area (Å²) in [6.45, 7) is 0. The van der Waals surface area contributed by atoms with Crippen molar-refractivity contribution < 1.29 is 14.7 Å². The normalized spacial score (nSPS) is 29.1. The summed E-state index contributed by atoms with van der Waals surface area (Å²) in [6.07, 6.45) is 4.57. The number of carbonyl (C=O) groups is 2. The molecule has 2 bridgehead atoms. The minimum Gasteiger partial charge on any atom is -0.550 e. The lowest BCUT2D eigenvalue weighted by Gasteiger charge is -2.27. The number of anilines is 1. The fourth-order valence-corrected chi connectivity index (χ4v) is 4.48. The van der Waals surface area contributed by atoms with Gasteiger partial charge in [0.1, 0.15) is 0 Å². The number of hydrogen-bond donors (Lipinski definition) is 1. The molecule has 0 aliphatic heterocycles. The van der Waals surface area contributed by atoms with Gasteiger partial charge >= 0.3 is 0 Å². The van der Waals surface area contributed by atoms with E-state index >= 15 is 0 Å². The molecular formula is C16H13N2O3S-. The fraction of sp³-hybridized carbons (Fsp3) is 0.312. The second-order valence-corrected chi connectivity index (χ2v) is 6.83. The molecule has 2 aliphatic rings. The summed E-state index contributed by atoms with van der Waals surface area (Å²) in [5, 5.41) is 14.7. The predicted molar refractivity (Wildman–Crippen MR) is 81.0 cm³/mol. The molecule has 0 radical (unpaired) electrons. The van der Waals surface area contributed by atoms with E-state index < -0.39 is 17.8 Å². The summed E-state index contributed by atoms with van der Waals surface area (Å²) in [6, 6.07) is 7.62. The molecule has 1 fully saturated rings. The molecule has 1 saturated carbocycles. The number of nitrogens with zero attached hydrogens (tertiary/aromatic N) is 1. The van der Waals surface area contributed by atoms with Gasteiger partial charge in [0.15, 0.2) is 5.13 Å². The number of rotatable bonds is 3. The van der Waals surface area contributed by atoms with E-state index in [1.807, 2.05) is 36.4 Å². The molecule has 1 aromatic heterocycles. The van der Waals surface area contributed by atoms with Crippen LogP contribution in [0.15, 0.2) is 36.4 Å². The summed E-state index contributed by atoms with van der Waals surface area (Å²) >= 11 is 1.39. The van der Waals surface area contributed by atoms with Gasteiger partial charge in [-0.1, -0.05) is 35.6 Å². The smallest absolute Gasteiger partial charge is 0.230 e. The number of thiazole rings is 1. The van der Waals surface area contributed by atoms with E-state index in [0.29, 0.717) is 5.13 Å². The number of carboxylic acid groups (broad SMARTS) is 1. The number of para-hydroxylation sites is 1. The molecule has 0 spiro atoms. The van der Waals surface area contributed by atoms with Gasteiger partial charge in [-0.25, -0.2) is 4.98 Å². The van der Waals surface area contributed by atoms with Gasteiger partial charge in [-0.3, -0.25) is 4.79 Å². The van der Waals surface area contributed by atoms with Crippen molar-refractivity contribution in [2.24, 2.45) is 23.7 Å². The lowest BCUT2D eigenvalue weighted by atomic mass is 9.82. The quantitative estimate of drug-likeness (QED) is 0.869. The van der Waals surface area contributed by atoms with Gasteiger partial charge in [-0.15, -0.1) is 0 Å². The predicted octanol–water partition coefficient (Wildman–Crippen LogP) is 1.42. The molecular weight excluding hydrogens is 300 g/mol. The van der Waals surface area contributed by atoms with Gasteiger partial charge in [0, 0.05) is 11.9 Å². The van der Waals surface area contributed by atoms with Gasteiger partial charge in [0.05, 0.1) is 16.1 Å². The van der Waals surface area contributed by atoms with E-state index in [1.165, 1.54) is 11.3 Å². The van der Waals surface area contributed by atoms with Crippen molar-refractivity contribution in [2.45, 2.75) is 6.42 Å². The zero-order valence-electron chi connectivity index (χ0n) is 11.6. The largest absolute Gasteiger partial charge is 0.550 e. The number of aromatic nitrogens is 1. The molecule has 2 aliphatic carbocycles. The Morgan fingerprint density at radius 1 is 1.18 bits per heavy atom. The summed E-state index contributed by atoms with van der Waals surface area (Å²) in [4.78, 5) is 28.2. The van der Waals surface area contributed by atoms with E-state index in [0.717, 1.165) is 16.6 Å². The average Bonchev–Trinajstić information content (AvgIpc) is 3.19. The van der Waals surface area contributed by atoms with Gasteiger partial charge in [-0.2, -0.15) is 0 Å². The van der Waals surface area contributed by atoms with E-state index in [4.69, 9.17) is 0 Å². The molecule has 6 heteroatoms. The van der Waals surface area contributed by atoms with Gasteiger partial charge < -0.3 is 15.2 Å². The zero-order valence-corrected chi connectivity index (χ0v) is 12.4. The van der Waals surface area contributed by atoms with Gasteiger partial charge in [0.25, 0.3) is 0 Å². The number of amides is 1. The Kier molecular flexibility index (Phi) is 3.00. The monoisotopic (exact) mass is 313 g/mol. The van der Waals surface area contributed by atoms with Crippen LogP contribution < -0.4 is 10.4 Å². The molecule has 1 heterocycles. The summed E-state index contributed by atoms with van der Waals surface area (Å²) in [7, 11) is 0. The molecule has 22 heavy (non-hydrogen) atoms. The van der Waals surface area contributed by atoms with Crippen LogP contribution in [0.25, 0.3) is 10.2 Å². The number of carboxylic acids is 1. The van der Waals surface area contributed by atoms with Crippen molar-refractivity contribution in [1.29, 1.82) is 0 Å². The Bertz CT molecular complexity index is 765. The van der Waals surface area contributed by atoms with Crippen LogP contribution in [0.5, 0.6) is 0 Å². The molecule has 4 rings (SSSR count). The zero-order chi connectivity index (χ0) is 15.3. The van der Waals surface area contributed by atoms with Crippen LogP contribution in [0, 0.1) is 23.7 Å². The van der Waals surface area contributed by atoms with Crippen LogP contribution in [-0.4, -0.2) is 16.9 Å². The van der Waals surface area contributed by atoms with Gasteiger partial charge in [0.2, 0.25) is 5.91 Å². The number of hydrogen-bond acceptors (Lipinski definition) is 5. The number of benzene rings is 1. The van der Waals surface area contributed by atoms with Crippen molar-refractivity contribution in [3.63, 3.8) is 0 Å². The first kappa shape index (κ1) is 13.5. The van der Waals surface area contributed by atoms with E-state index in [9.17, 15) is 14.7 Å². The topological polar surface area (TPSA) is 82.1 Å². The third-order valence-electron chi connectivity index (χ3n) is 4.56. The Balaban J connectivity index is 1.59. The van der Waals surface area contributed by atoms with E-state index in [1.54, 1.807) is 0 Å². The summed E-state index contributed by atoms with van der Waals surface area (Å²) < 4.78 is 0.988. The lowest BCUT2D eigenvalue weighted by Crippen LogP contribution is -2.42.